The maximum Gasteiger partial charge on any atom is 0.428 e. The first kappa shape index (κ1) is 14.2. The number of ether oxygens (including phenoxy) is 3. The Balaban J connectivity index is 2.02. The minimum atomic E-state index is -0.586. The van der Waals surface area contributed by atoms with Crippen LogP contribution in [0.25, 0.3) is 0 Å². The average molecular weight is 278 g/mol. The van der Waals surface area contributed by atoms with Crippen LogP contribution in [0.1, 0.15) is 33.3 Å². The molecule has 6 heteroatoms. The first-order chi connectivity index (χ1) is 9.35. The maximum atomic E-state index is 11.5. The summed E-state index contributed by atoms with van der Waals surface area (Å²) in [6.45, 7) is 7.39. The number of nitrogens with zero attached hydrogens (tertiary/aromatic N) is 1. The van der Waals surface area contributed by atoms with Crippen LogP contribution in [0.4, 0.5) is 4.79 Å². The molecule has 1 aliphatic heterocycles. The van der Waals surface area contributed by atoms with Crippen LogP contribution >= 0.6 is 0 Å². The summed E-state index contributed by atoms with van der Waals surface area (Å²) in [6.07, 6.45) is -0.586. The van der Waals surface area contributed by atoms with Crippen LogP contribution in [0.5, 0.6) is 11.5 Å². The predicted octanol–water partition coefficient (Wildman–Crippen LogP) is 2.66. The van der Waals surface area contributed by atoms with Crippen LogP contribution in [-0.2, 0) is 4.74 Å². The summed E-state index contributed by atoms with van der Waals surface area (Å²) in [6, 6.07) is 5.48. The van der Waals surface area contributed by atoms with Crippen molar-refractivity contribution >= 4 is 11.8 Å². The minimum Gasteiger partial charge on any atom is -0.454 e. The second-order valence-electron chi connectivity index (χ2n) is 5.38. The van der Waals surface area contributed by atoms with E-state index in [4.69, 9.17) is 14.2 Å². The van der Waals surface area contributed by atoms with Gasteiger partial charge < -0.3 is 14.2 Å². The topological polar surface area (TPSA) is 69.2 Å². The molecule has 20 heavy (non-hydrogen) atoms. The molecule has 0 spiro atoms. The number of fused-ring (bicyclic) bond motifs is 1. The van der Waals surface area contributed by atoms with E-state index in [1.807, 2.05) is 18.2 Å². The van der Waals surface area contributed by atoms with Crippen molar-refractivity contribution in [3.05, 3.63) is 23.8 Å². The van der Waals surface area contributed by atoms with Gasteiger partial charge >= 0.3 is 6.09 Å². The second kappa shape index (κ2) is 5.40. The second-order valence-corrected chi connectivity index (χ2v) is 5.38. The normalized spacial score (nSPS) is 14.1. The number of carbonyl (C=O) groups is 1. The quantitative estimate of drug-likeness (QED) is 0.667. The lowest BCUT2D eigenvalue weighted by molar-refractivity contribution is 0.0529. The Kier molecular flexibility index (Phi) is 3.83. The van der Waals surface area contributed by atoms with Gasteiger partial charge in [0.15, 0.2) is 11.5 Å². The van der Waals surface area contributed by atoms with Gasteiger partial charge in [-0.2, -0.15) is 5.10 Å². The van der Waals surface area contributed by atoms with E-state index in [-0.39, 0.29) is 6.79 Å². The van der Waals surface area contributed by atoms with Crippen molar-refractivity contribution in [1.82, 2.24) is 5.43 Å². The molecule has 1 aromatic rings. The molecule has 2 rings (SSSR count). The van der Waals surface area contributed by atoms with Gasteiger partial charge in [-0.15, -0.1) is 0 Å². The molecule has 0 aliphatic carbocycles. The lowest BCUT2D eigenvalue weighted by atomic mass is 10.1. The Bertz CT molecular complexity index is 547. The molecule has 0 atom stereocenters. The number of nitrogens with one attached hydrogen (secondary N) is 1. The Labute approximate surface area is 117 Å². The summed E-state index contributed by atoms with van der Waals surface area (Å²) < 4.78 is 15.6. The van der Waals surface area contributed by atoms with E-state index in [2.05, 4.69) is 10.5 Å². The van der Waals surface area contributed by atoms with Crippen LogP contribution in [0.3, 0.4) is 0 Å². The van der Waals surface area contributed by atoms with E-state index in [9.17, 15) is 4.79 Å². The summed E-state index contributed by atoms with van der Waals surface area (Å²) in [7, 11) is 0. The molecule has 0 radical (unpaired) electrons. The first-order valence-electron chi connectivity index (χ1n) is 6.28. The van der Waals surface area contributed by atoms with Gasteiger partial charge in [0.05, 0.1) is 5.71 Å². The van der Waals surface area contributed by atoms with Crippen molar-refractivity contribution in [3.8, 4) is 11.5 Å². The predicted molar refractivity (Wildman–Crippen MR) is 74.1 cm³/mol. The van der Waals surface area contributed by atoms with Crippen LogP contribution < -0.4 is 14.9 Å². The fraction of sp³-hybridized carbons (Fsp3) is 0.429. The van der Waals surface area contributed by atoms with Gasteiger partial charge in [-0.25, -0.2) is 10.2 Å². The van der Waals surface area contributed by atoms with Crippen molar-refractivity contribution in [2.45, 2.75) is 33.3 Å². The van der Waals surface area contributed by atoms with E-state index in [1.54, 1.807) is 27.7 Å². The van der Waals surface area contributed by atoms with Crippen molar-refractivity contribution in [1.29, 1.82) is 0 Å². The molecule has 108 valence electrons. The van der Waals surface area contributed by atoms with Crippen molar-refractivity contribution in [3.63, 3.8) is 0 Å². The standard InChI is InChI=1S/C14H18N2O4/c1-9(15-16-13(17)20-14(2,3)4)10-5-6-11-12(7-10)19-8-18-11/h5-7H,8H2,1-4H3,(H,16,17)/b15-9-. The highest BCUT2D eigenvalue weighted by Gasteiger charge is 2.16. The molecule has 0 saturated heterocycles. The molecule has 1 aromatic carbocycles. The molecular weight excluding hydrogens is 260 g/mol. The Morgan fingerprint density at radius 3 is 2.70 bits per heavy atom. The zero-order valence-electron chi connectivity index (χ0n) is 12.0. The Hall–Kier alpha value is -2.24. The summed E-state index contributed by atoms with van der Waals surface area (Å²) in [5, 5.41) is 4.00. The van der Waals surface area contributed by atoms with E-state index in [1.165, 1.54) is 0 Å². The molecule has 1 heterocycles. The van der Waals surface area contributed by atoms with E-state index in [0.29, 0.717) is 17.2 Å². The fourth-order valence-electron chi connectivity index (χ4n) is 1.62. The number of hydrogen-bond donors (Lipinski definition) is 1. The third-order valence-corrected chi connectivity index (χ3v) is 2.50. The van der Waals surface area contributed by atoms with Gasteiger partial charge in [-0.05, 0) is 45.9 Å². The molecule has 6 nitrogen and oxygen atoms in total. The first-order valence-corrected chi connectivity index (χ1v) is 6.28. The number of amides is 1. The van der Waals surface area contributed by atoms with Gasteiger partial charge in [-0.3, -0.25) is 0 Å². The van der Waals surface area contributed by atoms with Crippen molar-refractivity contribution < 1.29 is 19.0 Å². The van der Waals surface area contributed by atoms with E-state index in [0.717, 1.165) is 5.56 Å². The highest BCUT2D eigenvalue weighted by Crippen LogP contribution is 2.32. The molecule has 0 aromatic heterocycles. The van der Waals surface area contributed by atoms with Crippen LogP contribution in [0, 0.1) is 0 Å². The van der Waals surface area contributed by atoms with Gasteiger partial charge in [0.25, 0.3) is 0 Å². The molecule has 1 N–H and O–H groups in total. The van der Waals surface area contributed by atoms with Crippen LogP contribution in [0.2, 0.25) is 0 Å². The van der Waals surface area contributed by atoms with Gasteiger partial charge in [0.2, 0.25) is 6.79 Å². The number of rotatable bonds is 2. The van der Waals surface area contributed by atoms with Crippen molar-refractivity contribution in [2.75, 3.05) is 6.79 Å². The van der Waals surface area contributed by atoms with E-state index < -0.39 is 11.7 Å². The minimum absolute atomic E-state index is 0.227. The third-order valence-electron chi connectivity index (χ3n) is 2.50. The highest BCUT2D eigenvalue weighted by molar-refractivity contribution is 5.99. The summed E-state index contributed by atoms with van der Waals surface area (Å²) in [5.74, 6) is 1.39. The summed E-state index contributed by atoms with van der Waals surface area (Å²) in [5.41, 5.74) is 3.30. The molecule has 0 unspecified atom stereocenters. The zero-order chi connectivity index (χ0) is 14.8. The number of benzene rings is 1. The molecule has 0 fully saturated rings. The SMILES string of the molecule is C/C(=N/NC(=O)OC(C)(C)C)c1ccc2c(c1)OCO2. The molecule has 0 bridgehead atoms. The smallest absolute Gasteiger partial charge is 0.428 e. The van der Waals surface area contributed by atoms with Gasteiger partial charge in [-0.1, -0.05) is 0 Å². The monoisotopic (exact) mass is 278 g/mol. The lowest BCUT2D eigenvalue weighted by Crippen LogP contribution is -2.30. The fourth-order valence-corrected chi connectivity index (χ4v) is 1.62. The number of hydrogen-bond acceptors (Lipinski definition) is 5. The zero-order valence-corrected chi connectivity index (χ0v) is 12.0. The average Bonchev–Trinajstić information content (AvgIpc) is 2.80. The summed E-state index contributed by atoms with van der Waals surface area (Å²) in [4.78, 5) is 11.5. The maximum absolute atomic E-state index is 11.5. The molecule has 0 saturated carbocycles. The van der Waals surface area contributed by atoms with Crippen molar-refractivity contribution in [2.24, 2.45) is 5.10 Å². The molecular formula is C14H18N2O4. The Morgan fingerprint density at radius 2 is 2.00 bits per heavy atom. The number of hydrazone groups is 1. The highest BCUT2D eigenvalue weighted by atomic mass is 16.7. The van der Waals surface area contributed by atoms with E-state index >= 15 is 0 Å². The van der Waals surface area contributed by atoms with Crippen LogP contribution in [-0.4, -0.2) is 24.2 Å². The molecule has 1 amide bonds. The third kappa shape index (κ3) is 3.63. The summed E-state index contributed by atoms with van der Waals surface area (Å²) >= 11 is 0. The van der Waals surface area contributed by atoms with Gasteiger partial charge in [0, 0.05) is 5.56 Å². The Morgan fingerprint density at radius 1 is 1.30 bits per heavy atom. The number of carbonyl (C=O) groups excluding carboxylic acids is 1. The lowest BCUT2D eigenvalue weighted by Gasteiger charge is -2.18. The molecule has 1 aliphatic rings. The largest absolute Gasteiger partial charge is 0.454 e. The van der Waals surface area contributed by atoms with Crippen LogP contribution in [0.15, 0.2) is 23.3 Å². The van der Waals surface area contributed by atoms with Gasteiger partial charge in [0.1, 0.15) is 5.60 Å².